The van der Waals surface area contributed by atoms with Crippen molar-refractivity contribution >= 4 is 11.8 Å². The molecule has 0 aliphatic heterocycles. The Morgan fingerprint density at radius 3 is 3.14 bits per heavy atom. The predicted molar refractivity (Wildman–Crippen MR) is 49.3 cm³/mol. The van der Waals surface area contributed by atoms with E-state index in [0.29, 0.717) is 6.61 Å². The summed E-state index contributed by atoms with van der Waals surface area (Å²) in [7, 11) is 0. The van der Waals surface area contributed by atoms with Gasteiger partial charge in [0.05, 0.1) is 6.61 Å². The number of nitrogens with zero attached hydrogens (tertiary/aromatic N) is 1. The van der Waals surface area contributed by atoms with Gasteiger partial charge in [-0.2, -0.15) is 0 Å². The van der Waals surface area contributed by atoms with E-state index in [1.54, 1.807) is 6.92 Å². The third-order valence-corrected chi connectivity index (χ3v) is 1.46. The van der Waals surface area contributed by atoms with Gasteiger partial charge in [0.15, 0.2) is 11.6 Å². The fourth-order valence-electron chi connectivity index (χ4n) is 0.884. The molecule has 0 amide bonds. The van der Waals surface area contributed by atoms with Crippen LogP contribution in [-0.2, 0) is 9.53 Å². The molecular formula is C9H11FN2O2. The number of hydrogen-bond donors (Lipinski definition) is 1. The highest BCUT2D eigenvalue weighted by Crippen LogP contribution is 2.07. The quantitative estimate of drug-likeness (QED) is 0.738. The normalized spacial score (nSPS) is 9.57. The van der Waals surface area contributed by atoms with Gasteiger partial charge in [0.2, 0.25) is 0 Å². The van der Waals surface area contributed by atoms with Gasteiger partial charge in [-0.1, -0.05) is 0 Å². The third-order valence-electron chi connectivity index (χ3n) is 1.46. The lowest BCUT2D eigenvalue weighted by molar-refractivity contribution is -0.140. The molecule has 0 aromatic carbocycles. The van der Waals surface area contributed by atoms with Crippen LogP contribution in [0.5, 0.6) is 0 Å². The highest BCUT2D eigenvalue weighted by atomic mass is 19.1. The number of esters is 1. The molecule has 1 heterocycles. The van der Waals surface area contributed by atoms with Gasteiger partial charge in [-0.05, 0) is 19.1 Å². The van der Waals surface area contributed by atoms with Crippen LogP contribution in [0.25, 0.3) is 0 Å². The average Bonchev–Trinajstić information content (AvgIpc) is 2.17. The standard InChI is InChI=1S/C9H11FN2O2/c1-2-14-8(13)6-12-9-7(10)4-3-5-11-9/h3-5H,2,6H2,1H3,(H,11,12). The van der Waals surface area contributed by atoms with Crippen LogP contribution in [-0.4, -0.2) is 24.1 Å². The minimum absolute atomic E-state index is 0.0561. The van der Waals surface area contributed by atoms with E-state index in [-0.39, 0.29) is 12.4 Å². The third kappa shape index (κ3) is 3.01. The Morgan fingerprint density at radius 1 is 1.71 bits per heavy atom. The molecule has 0 aliphatic rings. The number of rotatable bonds is 4. The Balaban J connectivity index is 2.46. The molecule has 0 atom stereocenters. The second kappa shape index (κ2) is 5.16. The van der Waals surface area contributed by atoms with E-state index in [1.165, 1.54) is 18.3 Å². The largest absolute Gasteiger partial charge is 0.465 e. The monoisotopic (exact) mass is 198 g/mol. The van der Waals surface area contributed by atoms with E-state index < -0.39 is 11.8 Å². The summed E-state index contributed by atoms with van der Waals surface area (Å²) in [6.07, 6.45) is 1.44. The lowest BCUT2D eigenvalue weighted by Gasteiger charge is -2.05. The summed E-state index contributed by atoms with van der Waals surface area (Å²) in [5.41, 5.74) is 0. The van der Waals surface area contributed by atoms with Crippen molar-refractivity contribution in [1.29, 1.82) is 0 Å². The maximum atomic E-state index is 12.9. The van der Waals surface area contributed by atoms with Crippen molar-refractivity contribution < 1.29 is 13.9 Å². The lowest BCUT2D eigenvalue weighted by Crippen LogP contribution is -2.17. The van der Waals surface area contributed by atoms with Gasteiger partial charge in [0.1, 0.15) is 6.54 Å². The van der Waals surface area contributed by atoms with E-state index in [1.807, 2.05) is 0 Å². The molecule has 1 aromatic rings. The summed E-state index contributed by atoms with van der Waals surface area (Å²) in [4.78, 5) is 14.6. The summed E-state index contributed by atoms with van der Waals surface area (Å²) < 4.78 is 17.6. The van der Waals surface area contributed by atoms with Crippen LogP contribution in [0, 0.1) is 5.82 Å². The number of hydrogen-bond acceptors (Lipinski definition) is 4. The molecular weight excluding hydrogens is 187 g/mol. The van der Waals surface area contributed by atoms with Crippen LogP contribution < -0.4 is 5.32 Å². The SMILES string of the molecule is CCOC(=O)CNc1ncccc1F. The lowest BCUT2D eigenvalue weighted by atomic mass is 10.4. The molecule has 0 fully saturated rings. The van der Waals surface area contributed by atoms with Crippen molar-refractivity contribution in [2.45, 2.75) is 6.92 Å². The molecule has 1 aromatic heterocycles. The summed E-state index contributed by atoms with van der Waals surface area (Å²) in [5.74, 6) is -0.866. The van der Waals surface area contributed by atoms with Crippen LogP contribution in [0.2, 0.25) is 0 Å². The zero-order valence-electron chi connectivity index (χ0n) is 7.79. The fraction of sp³-hybridized carbons (Fsp3) is 0.333. The molecule has 0 saturated heterocycles. The first-order valence-electron chi connectivity index (χ1n) is 4.24. The topological polar surface area (TPSA) is 51.2 Å². The van der Waals surface area contributed by atoms with Crippen molar-refractivity contribution in [2.75, 3.05) is 18.5 Å². The van der Waals surface area contributed by atoms with E-state index >= 15 is 0 Å². The van der Waals surface area contributed by atoms with Crippen LogP contribution in [0.15, 0.2) is 18.3 Å². The molecule has 1 rings (SSSR count). The predicted octanol–water partition coefficient (Wildman–Crippen LogP) is 1.20. The van der Waals surface area contributed by atoms with Crippen LogP contribution in [0.1, 0.15) is 6.92 Å². The zero-order valence-corrected chi connectivity index (χ0v) is 7.79. The molecule has 1 N–H and O–H groups in total. The summed E-state index contributed by atoms with van der Waals surface area (Å²) in [5, 5.41) is 2.54. The van der Waals surface area contributed by atoms with Gasteiger partial charge >= 0.3 is 5.97 Å². The van der Waals surface area contributed by atoms with Crippen molar-refractivity contribution in [1.82, 2.24) is 4.98 Å². The van der Waals surface area contributed by atoms with Crippen LogP contribution in [0.3, 0.4) is 0 Å². The Labute approximate surface area is 81.1 Å². The number of carbonyl (C=O) groups is 1. The first kappa shape index (κ1) is 10.4. The summed E-state index contributed by atoms with van der Waals surface area (Å²) >= 11 is 0. The Kier molecular flexibility index (Phi) is 3.84. The Morgan fingerprint density at radius 2 is 2.50 bits per heavy atom. The molecule has 4 nitrogen and oxygen atoms in total. The number of pyridine rings is 1. The number of halogens is 1. The molecule has 0 unspecified atom stereocenters. The number of carbonyl (C=O) groups excluding carboxylic acids is 1. The maximum absolute atomic E-state index is 12.9. The van der Waals surface area contributed by atoms with E-state index in [0.717, 1.165) is 0 Å². The first-order chi connectivity index (χ1) is 6.74. The first-order valence-corrected chi connectivity index (χ1v) is 4.24. The summed E-state index contributed by atoms with van der Waals surface area (Å²) in [6.45, 7) is 1.94. The van der Waals surface area contributed by atoms with Gasteiger partial charge in [-0.25, -0.2) is 9.37 Å². The van der Waals surface area contributed by atoms with Gasteiger partial charge in [-0.3, -0.25) is 4.79 Å². The number of ether oxygens (including phenoxy) is 1. The zero-order chi connectivity index (χ0) is 10.4. The van der Waals surface area contributed by atoms with Crippen molar-refractivity contribution in [3.8, 4) is 0 Å². The van der Waals surface area contributed by atoms with Crippen LogP contribution in [0.4, 0.5) is 10.2 Å². The van der Waals surface area contributed by atoms with Crippen molar-refractivity contribution in [2.24, 2.45) is 0 Å². The van der Waals surface area contributed by atoms with Crippen LogP contribution >= 0.6 is 0 Å². The second-order valence-corrected chi connectivity index (χ2v) is 2.49. The highest BCUT2D eigenvalue weighted by molar-refractivity contribution is 5.74. The molecule has 0 spiro atoms. The van der Waals surface area contributed by atoms with Gasteiger partial charge in [-0.15, -0.1) is 0 Å². The second-order valence-electron chi connectivity index (χ2n) is 2.49. The summed E-state index contributed by atoms with van der Waals surface area (Å²) in [6, 6.07) is 2.74. The van der Waals surface area contributed by atoms with Crippen molar-refractivity contribution in [3.63, 3.8) is 0 Å². The average molecular weight is 198 g/mol. The minimum atomic E-state index is -0.489. The number of anilines is 1. The van der Waals surface area contributed by atoms with E-state index in [2.05, 4.69) is 15.0 Å². The van der Waals surface area contributed by atoms with E-state index in [9.17, 15) is 9.18 Å². The fourth-order valence-corrected chi connectivity index (χ4v) is 0.884. The van der Waals surface area contributed by atoms with Gasteiger partial charge < -0.3 is 10.1 Å². The molecule has 5 heteroatoms. The Hall–Kier alpha value is -1.65. The highest BCUT2D eigenvalue weighted by Gasteiger charge is 2.04. The molecule has 0 radical (unpaired) electrons. The smallest absolute Gasteiger partial charge is 0.325 e. The molecule has 14 heavy (non-hydrogen) atoms. The molecule has 0 bridgehead atoms. The molecule has 0 saturated carbocycles. The van der Waals surface area contributed by atoms with Gasteiger partial charge in [0, 0.05) is 6.20 Å². The van der Waals surface area contributed by atoms with Gasteiger partial charge in [0.25, 0.3) is 0 Å². The molecule has 0 aliphatic carbocycles. The number of nitrogens with one attached hydrogen (secondary N) is 1. The van der Waals surface area contributed by atoms with E-state index in [4.69, 9.17) is 0 Å². The number of aromatic nitrogens is 1. The Bertz CT molecular complexity index is 317. The minimum Gasteiger partial charge on any atom is -0.465 e. The maximum Gasteiger partial charge on any atom is 0.325 e. The van der Waals surface area contributed by atoms with Crippen molar-refractivity contribution in [3.05, 3.63) is 24.1 Å². The molecule has 76 valence electrons.